The maximum atomic E-state index is 13.8. The van der Waals surface area contributed by atoms with Gasteiger partial charge in [0.1, 0.15) is 16.8 Å². The zero-order valence-electron chi connectivity index (χ0n) is 65.6. The van der Waals surface area contributed by atoms with Gasteiger partial charge < -0.3 is 31.9 Å². The molecule has 6 amide bonds. The Morgan fingerprint density at radius 2 is 0.472 bits per heavy atom. The average molecular weight is 1860 g/mol. The fourth-order valence-corrected chi connectivity index (χ4v) is 11.8. The van der Waals surface area contributed by atoms with Gasteiger partial charge in [0.2, 0.25) is 47.3 Å². The SMILES string of the molecule is CC(=O)n1nc(C(=O)Nc2ccc(C)cc2Cl)c(F)c1Cl.CC(=O)n1nc(C(=O)Nc2ccc(C)cc2Cl)c(F)c1Cl.CC(=O)n1nc(C(=O)Nc2ccc(C)cc2Cl)cc1F.CC(=O)n1nc(C(=O)Nc2ccc(C)cc2Cl)cc1F.CC(=O)n1nc(C(=O)Nc2ccc(C)cc2F)c(F)c1Cl.CC(=O)n1nc(C(=O)Nc2ccc(C)cc2F)cc1Cl. The van der Waals surface area contributed by atoms with E-state index in [1.165, 1.54) is 37.3 Å². The molecule has 0 aliphatic rings. The van der Waals surface area contributed by atoms with Crippen LogP contribution >= 0.6 is 92.8 Å². The van der Waals surface area contributed by atoms with Crippen LogP contribution in [-0.4, -0.2) is 130 Å². The monoisotopic (exact) mass is 1860 g/mol. The molecule has 0 aliphatic carbocycles. The first-order chi connectivity index (χ1) is 57.6. The Labute approximate surface area is 731 Å². The maximum Gasteiger partial charge on any atom is 0.279 e. The summed E-state index contributed by atoms with van der Waals surface area (Å²) in [4.78, 5) is 139. The van der Waals surface area contributed by atoms with Crippen LogP contribution < -0.4 is 31.9 Å². The number of carbonyl (C=O) groups excluding carboxylic acids is 12. The summed E-state index contributed by atoms with van der Waals surface area (Å²) < 4.78 is 99.1. The Kier molecular flexibility index (Phi) is 33.8. The van der Waals surface area contributed by atoms with Crippen molar-refractivity contribution in [1.29, 1.82) is 0 Å². The molecule has 6 aromatic carbocycles. The van der Waals surface area contributed by atoms with E-state index in [1.807, 2.05) is 27.7 Å². The van der Waals surface area contributed by atoms with Gasteiger partial charge in [0.15, 0.2) is 67.1 Å². The summed E-state index contributed by atoms with van der Waals surface area (Å²) in [6, 6.07) is 31.7. The van der Waals surface area contributed by atoms with Crippen molar-refractivity contribution in [2.75, 3.05) is 31.9 Å². The summed E-state index contributed by atoms with van der Waals surface area (Å²) in [5.74, 6) is -14.4. The standard InChI is InChI=1S/2C13H10Cl2FN3O2.C13H10ClF2N3O2.3C13H11ClFN3O2/c2*1-6-3-4-9(8(14)5-6)17-13(21)11-10(16)12(15)19(18-11)7(2)20;1-6-3-4-9(8(15)5-6)17-13(21)11-10(16)12(14)19(18-11)7(2)20;1-7-3-4-10(9(15)5-7)16-13(20)11-6-12(14)18(17-11)8(2)19;2*1-7-3-4-10(9(14)5-7)16-13(20)11-6-12(15)18(17-11)8(2)19/h3*3-5H,1-2H3,(H,17,21);3*3-6H,1-2H3,(H,16,20). The Morgan fingerprint density at radius 1 is 0.260 bits per heavy atom. The molecule has 45 heteroatoms. The number of benzene rings is 6. The molecule has 0 bridgehead atoms. The van der Waals surface area contributed by atoms with Crippen molar-refractivity contribution in [2.24, 2.45) is 0 Å². The summed E-state index contributed by atoms with van der Waals surface area (Å²) >= 11 is 46.4. The van der Waals surface area contributed by atoms with Crippen LogP contribution in [0.25, 0.3) is 0 Å². The fourth-order valence-electron chi connectivity index (χ4n) is 9.70. The summed E-state index contributed by atoms with van der Waals surface area (Å²) in [5.41, 5.74) is 4.11. The van der Waals surface area contributed by atoms with Crippen molar-refractivity contribution in [3.63, 3.8) is 0 Å². The van der Waals surface area contributed by atoms with Crippen LogP contribution in [0.2, 0.25) is 40.7 Å². The summed E-state index contributed by atoms with van der Waals surface area (Å²) in [6.45, 7) is 17.8. The minimum absolute atomic E-state index is 0.0204. The molecule has 6 aromatic heterocycles. The van der Waals surface area contributed by atoms with Crippen LogP contribution in [-0.2, 0) is 0 Å². The zero-order valence-corrected chi connectivity index (χ0v) is 71.6. The molecule has 0 unspecified atom stereocenters. The third kappa shape index (κ3) is 25.7. The van der Waals surface area contributed by atoms with Crippen LogP contribution in [0.5, 0.6) is 0 Å². The van der Waals surface area contributed by atoms with Crippen molar-refractivity contribution in [1.82, 2.24) is 58.7 Å². The highest BCUT2D eigenvalue weighted by atomic mass is 35.5. The lowest BCUT2D eigenvalue weighted by molar-refractivity contribution is 0.0894. The number of hydrogen-bond acceptors (Lipinski definition) is 18. The van der Waals surface area contributed by atoms with Crippen molar-refractivity contribution >= 4 is 198 Å². The minimum Gasteiger partial charge on any atom is -0.319 e. The van der Waals surface area contributed by atoms with Crippen molar-refractivity contribution in [2.45, 2.75) is 83.1 Å². The lowest BCUT2D eigenvalue weighted by atomic mass is 10.2. The molecule has 6 N–H and O–H groups in total. The van der Waals surface area contributed by atoms with Gasteiger partial charge in [-0.1, -0.05) is 129 Å². The summed E-state index contributed by atoms with van der Waals surface area (Å²) in [6.07, 6.45) is 0. The highest BCUT2D eigenvalue weighted by Gasteiger charge is 2.29. The van der Waals surface area contributed by atoms with Gasteiger partial charge in [0.05, 0.1) is 54.2 Å². The average Bonchev–Trinajstić information content (AvgIpc) is 1.69. The molecule has 12 rings (SSSR count). The Morgan fingerprint density at radius 3 is 0.691 bits per heavy atom. The predicted octanol–water partition coefficient (Wildman–Crippen LogP) is 18.8. The first-order valence-corrected chi connectivity index (χ1v) is 37.7. The third-order valence-electron chi connectivity index (χ3n) is 15.7. The van der Waals surface area contributed by atoms with Gasteiger partial charge in [-0.05, 0) is 148 Å². The molecular weight excluding hydrogens is 1800 g/mol. The van der Waals surface area contributed by atoms with Gasteiger partial charge in [-0.25, -0.2) is 22.0 Å². The maximum absolute atomic E-state index is 13.8. The van der Waals surface area contributed by atoms with E-state index in [-0.39, 0.29) is 33.6 Å². The van der Waals surface area contributed by atoms with Gasteiger partial charge in [-0.15, -0.1) is 0 Å². The molecule has 6 heterocycles. The van der Waals surface area contributed by atoms with Crippen molar-refractivity contribution < 1.29 is 88.3 Å². The molecule has 0 saturated heterocycles. The first kappa shape index (κ1) is 97.4. The predicted molar refractivity (Wildman–Crippen MR) is 446 cm³/mol. The molecule has 0 saturated carbocycles. The van der Waals surface area contributed by atoms with Gasteiger partial charge in [0.25, 0.3) is 35.4 Å². The largest absolute Gasteiger partial charge is 0.319 e. The molecule has 30 nitrogen and oxygen atoms in total. The number of anilines is 6. The van der Waals surface area contributed by atoms with E-state index in [1.54, 1.807) is 98.8 Å². The molecule has 0 spiro atoms. The van der Waals surface area contributed by atoms with Gasteiger partial charge in [0, 0.05) is 59.7 Å². The zero-order chi connectivity index (χ0) is 91.8. The number of aromatic nitrogens is 12. The molecule has 0 radical (unpaired) electrons. The number of nitrogens with zero attached hydrogens (tertiary/aromatic N) is 12. The number of nitrogens with one attached hydrogen (secondary N) is 6. The normalized spacial score (nSPS) is 10.5. The second-order valence-electron chi connectivity index (χ2n) is 25.6. The smallest absolute Gasteiger partial charge is 0.279 e. The molecule has 0 atom stereocenters. The molecule has 12 aromatic rings. The van der Waals surface area contributed by atoms with Crippen LogP contribution in [0.1, 0.15) is 167 Å². The topological polar surface area (TPSA) is 384 Å². The molecule has 642 valence electrons. The number of carbonyl (C=O) groups is 12. The third-order valence-corrected chi connectivity index (χ3v) is 18.2. The van der Waals surface area contributed by atoms with E-state index in [0.29, 0.717) is 71.8 Å². The van der Waals surface area contributed by atoms with Gasteiger partial charge >= 0.3 is 0 Å². The van der Waals surface area contributed by atoms with Crippen LogP contribution in [0, 0.1) is 82.5 Å². The number of amides is 6. The summed E-state index contributed by atoms with van der Waals surface area (Å²) in [5, 5.41) is 35.6. The van der Waals surface area contributed by atoms with Crippen LogP contribution in [0.4, 0.5) is 64.9 Å². The van der Waals surface area contributed by atoms with E-state index >= 15 is 0 Å². The highest BCUT2D eigenvalue weighted by molar-refractivity contribution is 6.36. The van der Waals surface area contributed by atoms with Crippen molar-refractivity contribution in [3.8, 4) is 0 Å². The van der Waals surface area contributed by atoms with Crippen LogP contribution in [0.15, 0.2) is 127 Å². The van der Waals surface area contributed by atoms with Crippen LogP contribution in [0.3, 0.4) is 0 Å². The molecular formula is C78H63Cl8F7N18O12. The van der Waals surface area contributed by atoms with Gasteiger partial charge in [-0.2, -0.15) is 67.5 Å². The van der Waals surface area contributed by atoms with Crippen molar-refractivity contribution in [3.05, 3.63) is 277 Å². The van der Waals surface area contributed by atoms with E-state index in [2.05, 4.69) is 62.5 Å². The first-order valence-electron chi connectivity index (χ1n) is 34.7. The van der Waals surface area contributed by atoms with E-state index in [9.17, 15) is 88.3 Å². The molecule has 123 heavy (non-hydrogen) atoms. The second-order valence-corrected chi connectivity index (χ2v) is 28.7. The second kappa shape index (κ2) is 42.7. The lowest BCUT2D eigenvalue weighted by Crippen LogP contribution is -2.16. The number of halogens is 15. The van der Waals surface area contributed by atoms with Gasteiger partial charge in [-0.3, -0.25) is 57.5 Å². The number of rotatable bonds is 12. The van der Waals surface area contributed by atoms with E-state index in [4.69, 9.17) is 92.8 Å². The quantitative estimate of drug-likeness (QED) is 0.0619. The number of hydrogen-bond donors (Lipinski definition) is 6. The fraction of sp³-hybridized carbons (Fsp3) is 0.154. The Hall–Kier alpha value is -12.8. The minimum atomic E-state index is -1.14. The lowest BCUT2D eigenvalue weighted by Gasteiger charge is -2.06. The molecule has 0 aliphatic heterocycles. The Bertz CT molecular complexity index is 5640. The highest BCUT2D eigenvalue weighted by Crippen LogP contribution is 2.30. The number of aryl methyl sites for hydroxylation is 6. The van der Waals surface area contributed by atoms with E-state index < -0.39 is 144 Å². The molecule has 0 fully saturated rings. The van der Waals surface area contributed by atoms with E-state index in [0.717, 1.165) is 79.3 Å². The summed E-state index contributed by atoms with van der Waals surface area (Å²) in [7, 11) is 0. The Balaban J connectivity index is 0.000000203.